The smallest absolute Gasteiger partial charge is 0.273 e. The number of carbonyl (C=O) groups is 1. The summed E-state index contributed by atoms with van der Waals surface area (Å²) in [5.41, 5.74) is 4.72. The molecule has 3 aromatic carbocycles. The van der Waals surface area contributed by atoms with Crippen LogP contribution in [0.3, 0.4) is 0 Å². The lowest BCUT2D eigenvalue weighted by molar-refractivity contribution is 0.0941. The average molecular weight is 450 g/mol. The summed E-state index contributed by atoms with van der Waals surface area (Å²) in [5, 5.41) is 12.2. The Morgan fingerprint density at radius 2 is 1.76 bits per heavy atom. The van der Waals surface area contributed by atoms with Crippen LogP contribution >= 0.6 is 0 Å². The lowest BCUT2D eigenvalue weighted by Crippen LogP contribution is -2.29. The summed E-state index contributed by atoms with van der Waals surface area (Å²) in [5.74, 6) is 0.483. The van der Waals surface area contributed by atoms with E-state index >= 15 is 0 Å². The summed E-state index contributed by atoms with van der Waals surface area (Å²) in [6.07, 6.45) is 1.75. The minimum absolute atomic E-state index is 0.283. The van der Waals surface area contributed by atoms with Gasteiger partial charge in [0.25, 0.3) is 5.91 Å². The van der Waals surface area contributed by atoms with Crippen LogP contribution in [0.25, 0.3) is 27.7 Å². The van der Waals surface area contributed by atoms with Crippen LogP contribution in [0.4, 0.5) is 0 Å². The van der Waals surface area contributed by atoms with Gasteiger partial charge in [0.15, 0.2) is 5.69 Å². The monoisotopic (exact) mass is 449 g/mol. The second-order valence-electron chi connectivity index (χ2n) is 7.75. The van der Waals surface area contributed by atoms with Crippen LogP contribution in [0.2, 0.25) is 0 Å². The lowest BCUT2D eigenvalue weighted by atomic mass is 10.1. The number of nitrogens with one attached hydrogen (secondary N) is 1. The van der Waals surface area contributed by atoms with Crippen LogP contribution in [0.1, 0.15) is 16.2 Å². The molecule has 0 saturated heterocycles. The van der Waals surface area contributed by atoms with Crippen molar-refractivity contribution in [3.8, 4) is 22.6 Å². The molecular weight excluding hydrogens is 426 g/mol. The van der Waals surface area contributed by atoms with Crippen LogP contribution in [0.15, 0.2) is 91.1 Å². The number of hydrogen-bond donors (Lipinski definition) is 1. The van der Waals surface area contributed by atoms with E-state index in [2.05, 4.69) is 20.6 Å². The highest BCUT2D eigenvalue weighted by Crippen LogP contribution is 2.29. The van der Waals surface area contributed by atoms with Gasteiger partial charge in [-0.05, 0) is 42.8 Å². The first-order chi connectivity index (χ1) is 16.7. The van der Waals surface area contributed by atoms with Crippen LogP contribution in [-0.4, -0.2) is 39.0 Å². The van der Waals surface area contributed by atoms with E-state index in [4.69, 9.17) is 4.74 Å². The zero-order valence-corrected chi connectivity index (χ0v) is 18.7. The van der Waals surface area contributed by atoms with Crippen LogP contribution in [0, 0.1) is 6.92 Å². The molecule has 0 radical (unpaired) electrons. The second-order valence-corrected chi connectivity index (χ2v) is 7.75. The zero-order chi connectivity index (χ0) is 23.3. The van der Waals surface area contributed by atoms with Gasteiger partial charge in [0.2, 0.25) is 0 Å². The number of hydrogen-bond acceptors (Lipinski definition) is 5. The number of aromatic nitrogens is 4. The maximum Gasteiger partial charge on any atom is 0.273 e. The van der Waals surface area contributed by atoms with E-state index in [1.54, 1.807) is 10.9 Å². The van der Waals surface area contributed by atoms with Crippen molar-refractivity contribution in [2.24, 2.45) is 0 Å². The van der Waals surface area contributed by atoms with Crippen LogP contribution in [-0.2, 0) is 0 Å². The Morgan fingerprint density at radius 1 is 0.941 bits per heavy atom. The molecule has 0 unspecified atom stereocenters. The Balaban J connectivity index is 1.25. The number of carbonyl (C=O) groups excluding carboxylic acids is 1. The highest BCUT2D eigenvalue weighted by Gasteiger charge is 2.18. The molecule has 0 atom stereocenters. The molecule has 7 heteroatoms. The Morgan fingerprint density at radius 3 is 2.65 bits per heavy atom. The lowest BCUT2D eigenvalue weighted by Gasteiger charge is -2.12. The average Bonchev–Trinajstić information content (AvgIpc) is 3.28. The Bertz CT molecular complexity index is 1440. The quantitative estimate of drug-likeness (QED) is 0.367. The van der Waals surface area contributed by atoms with Crippen molar-refractivity contribution in [3.63, 3.8) is 0 Å². The van der Waals surface area contributed by atoms with Gasteiger partial charge in [0, 0.05) is 17.1 Å². The van der Waals surface area contributed by atoms with E-state index < -0.39 is 0 Å². The van der Waals surface area contributed by atoms with E-state index in [0.29, 0.717) is 18.8 Å². The van der Waals surface area contributed by atoms with E-state index in [-0.39, 0.29) is 11.6 Å². The van der Waals surface area contributed by atoms with Crippen molar-refractivity contribution in [1.82, 2.24) is 25.3 Å². The minimum Gasteiger partial charge on any atom is -0.491 e. The van der Waals surface area contributed by atoms with Gasteiger partial charge >= 0.3 is 0 Å². The van der Waals surface area contributed by atoms with Gasteiger partial charge in [0.1, 0.15) is 12.4 Å². The molecular formula is C27H23N5O2. The van der Waals surface area contributed by atoms with Gasteiger partial charge in [-0.15, -0.1) is 5.10 Å². The summed E-state index contributed by atoms with van der Waals surface area (Å²) in [7, 11) is 0. The second kappa shape index (κ2) is 9.54. The molecule has 0 bridgehead atoms. The van der Waals surface area contributed by atoms with Gasteiger partial charge in [-0.1, -0.05) is 59.8 Å². The molecule has 1 amide bonds. The van der Waals surface area contributed by atoms with Crippen LogP contribution in [0.5, 0.6) is 5.75 Å². The first-order valence-corrected chi connectivity index (χ1v) is 11.0. The summed E-state index contributed by atoms with van der Waals surface area (Å²) in [6, 6.07) is 27.6. The van der Waals surface area contributed by atoms with E-state index in [0.717, 1.165) is 33.5 Å². The standard InChI is InChI=1S/C27H23N5O2/c1-19-26(30-31-32(19)24-14-7-13-23-22(24)12-8-16-28-23)27(33)29-17-18-34-25-15-6-5-11-21(25)20-9-3-2-4-10-20/h2-16H,17-18H2,1H3,(H,29,33). The van der Waals surface area contributed by atoms with Gasteiger partial charge in [-0.25, -0.2) is 4.68 Å². The third-order valence-corrected chi connectivity index (χ3v) is 5.58. The summed E-state index contributed by atoms with van der Waals surface area (Å²) in [4.78, 5) is 17.2. The Hall–Kier alpha value is -4.52. The molecule has 2 aromatic heterocycles. The third-order valence-electron chi connectivity index (χ3n) is 5.58. The molecule has 0 spiro atoms. The molecule has 0 saturated carbocycles. The number of nitrogens with zero attached hydrogens (tertiary/aromatic N) is 4. The molecule has 5 rings (SSSR count). The molecule has 5 aromatic rings. The molecule has 168 valence electrons. The van der Waals surface area contributed by atoms with Crippen molar-refractivity contribution >= 4 is 16.8 Å². The molecule has 0 fully saturated rings. The first-order valence-electron chi connectivity index (χ1n) is 11.0. The number of pyridine rings is 1. The maximum atomic E-state index is 12.8. The normalized spacial score (nSPS) is 10.9. The van der Waals surface area contributed by atoms with Gasteiger partial charge in [-0.3, -0.25) is 9.78 Å². The van der Waals surface area contributed by atoms with Crippen molar-refractivity contribution in [3.05, 3.63) is 103 Å². The minimum atomic E-state index is -0.290. The van der Waals surface area contributed by atoms with E-state index in [9.17, 15) is 4.79 Å². The highest BCUT2D eigenvalue weighted by molar-refractivity contribution is 5.94. The largest absolute Gasteiger partial charge is 0.491 e. The molecule has 34 heavy (non-hydrogen) atoms. The number of amides is 1. The molecule has 0 aliphatic rings. The third kappa shape index (κ3) is 4.23. The van der Waals surface area contributed by atoms with Crippen molar-refractivity contribution < 1.29 is 9.53 Å². The van der Waals surface area contributed by atoms with E-state index in [1.807, 2.05) is 91.9 Å². The van der Waals surface area contributed by atoms with Gasteiger partial charge in [-0.2, -0.15) is 0 Å². The Labute approximate surface area is 197 Å². The zero-order valence-electron chi connectivity index (χ0n) is 18.7. The fourth-order valence-electron chi connectivity index (χ4n) is 3.90. The van der Waals surface area contributed by atoms with Gasteiger partial charge < -0.3 is 10.1 Å². The SMILES string of the molecule is Cc1c(C(=O)NCCOc2ccccc2-c2ccccc2)nnn1-c1cccc2ncccc12. The summed E-state index contributed by atoms with van der Waals surface area (Å²) < 4.78 is 7.64. The molecule has 1 N–H and O–H groups in total. The predicted molar refractivity (Wildman–Crippen MR) is 131 cm³/mol. The number of benzene rings is 3. The summed E-state index contributed by atoms with van der Waals surface area (Å²) >= 11 is 0. The number of rotatable bonds is 7. The molecule has 0 aliphatic carbocycles. The van der Waals surface area contributed by atoms with Gasteiger partial charge in [0.05, 0.1) is 23.4 Å². The maximum absolute atomic E-state index is 12.8. The predicted octanol–water partition coefficient (Wildman–Crippen LogP) is 4.60. The van der Waals surface area contributed by atoms with Crippen molar-refractivity contribution in [2.75, 3.05) is 13.2 Å². The number of ether oxygens (including phenoxy) is 1. The van der Waals surface area contributed by atoms with Crippen molar-refractivity contribution in [2.45, 2.75) is 6.92 Å². The fraction of sp³-hybridized carbons (Fsp3) is 0.111. The Kier molecular flexibility index (Phi) is 5.99. The van der Waals surface area contributed by atoms with Crippen LogP contribution < -0.4 is 10.1 Å². The molecule has 0 aliphatic heterocycles. The summed E-state index contributed by atoms with van der Waals surface area (Å²) in [6.45, 7) is 2.50. The number of para-hydroxylation sites is 1. The topological polar surface area (TPSA) is 81.9 Å². The number of fused-ring (bicyclic) bond motifs is 1. The fourth-order valence-corrected chi connectivity index (χ4v) is 3.90. The molecule has 2 heterocycles. The highest BCUT2D eigenvalue weighted by atomic mass is 16.5. The molecule has 7 nitrogen and oxygen atoms in total. The first kappa shape index (κ1) is 21.3. The van der Waals surface area contributed by atoms with E-state index in [1.165, 1.54) is 0 Å². The van der Waals surface area contributed by atoms with Crippen molar-refractivity contribution in [1.29, 1.82) is 0 Å².